The number of anilines is 3. The van der Waals surface area contributed by atoms with Crippen molar-refractivity contribution >= 4 is 29.1 Å². The van der Waals surface area contributed by atoms with E-state index in [-0.39, 0.29) is 0 Å². The van der Waals surface area contributed by atoms with Crippen LogP contribution >= 0.6 is 11.6 Å². The van der Waals surface area contributed by atoms with Gasteiger partial charge in [0.1, 0.15) is 0 Å². The first-order valence-electron chi connectivity index (χ1n) is 7.18. The van der Waals surface area contributed by atoms with Gasteiger partial charge in [-0.15, -0.1) is 5.10 Å². The lowest BCUT2D eigenvalue weighted by molar-refractivity contribution is 0.436. The number of nitrogens with one attached hydrogen (secondary N) is 1. The van der Waals surface area contributed by atoms with Crippen molar-refractivity contribution in [2.45, 2.75) is 19.8 Å². The fourth-order valence-electron chi connectivity index (χ4n) is 2.40. The average molecular weight is 304 g/mol. The quantitative estimate of drug-likeness (QED) is 0.940. The van der Waals surface area contributed by atoms with E-state index in [4.69, 9.17) is 11.6 Å². The van der Waals surface area contributed by atoms with Crippen LogP contribution in [0.15, 0.2) is 30.5 Å². The molecular formula is C15H18ClN5. The van der Waals surface area contributed by atoms with E-state index in [9.17, 15) is 0 Å². The first kappa shape index (κ1) is 14.1. The van der Waals surface area contributed by atoms with Gasteiger partial charge in [-0.2, -0.15) is 10.1 Å². The number of aromatic nitrogens is 3. The number of nitrogens with zero attached hydrogens (tertiary/aromatic N) is 4. The molecule has 1 N–H and O–H groups in total. The van der Waals surface area contributed by atoms with Gasteiger partial charge < -0.3 is 10.2 Å². The average Bonchev–Trinajstić information content (AvgIpc) is 2.51. The van der Waals surface area contributed by atoms with Gasteiger partial charge in [-0.1, -0.05) is 18.5 Å². The van der Waals surface area contributed by atoms with Crippen molar-refractivity contribution in [3.05, 3.63) is 35.5 Å². The van der Waals surface area contributed by atoms with Gasteiger partial charge >= 0.3 is 0 Å². The van der Waals surface area contributed by atoms with Gasteiger partial charge in [0.15, 0.2) is 5.82 Å². The van der Waals surface area contributed by atoms with Crippen LogP contribution in [0.5, 0.6) is 0 Å². The molecule has 1 aromatic carbocycles. The predicted octanol–water partition coefficient (Wildman–Crippen LogP) is 3.50. The van der Waals surface area contributed by atoms with Crippen LogP contribution in [0.1, 0.15) is 19.8 Å². The van der Waals surface area contributed by atoms with E-state index in [0.29, 0.717) is 11.0 Å². The molecule has 2 heterocycles. The molecule has 5 nitrogen and oxygen atoms in total. The Bertz CT molecular complexity index is 593. The zero-order valence-electron chi connectivity index (χ0n) is 12.0. The lowest BCUT2D eigenvalue weighted by Crippen LogP contribution is -2.33. The smallest absolute Gasteiger partial charge is 0.249 e. The SMILES string of the molecule is CC1CCN(c2cnnc(Nc3ccc(Cl)cc3)n2)CC1. The van der Waals surface area contributed by atoms with Gasteiger partial charge in [0.05, 0.1) is 6.20 Å². The fraction of sp³-hybridized carbons (Fsp3) is 0.400. The van der Waals surface area contributed by atoms with Crippen molar-refractivity contribution in [2.24, 2.45) is 5.92 Å². The molecule has 0 bridgehead atoms. The summed E-state index contributed by atoms with van der Waals surface area (Å²) in [7, 11) is 0. The Labute approximate surface area is 129 Å². The molecule has 21 heavy (non-hydrogen) atoms. The maximum absolute atomic E-state index is 5.88. The Morgan fingerprint density at radius 3 is 2.62 bits per heavy atom. The molecule has 1 aromatic heterocycles. The van der Waals surface area contributed by atoms with Crippen LogP contribution in [-0.2, 0) is 0 Å². The normalized spacial score (nSPS) is 16.0. The summed E-state index contributed by atoms with van der Waals surface area (Å²) in [6.07, 6.45) is 4.12. The lowest BCUT2D eigenvalue weighted by Gasteiger charge is -2.30. The van der Waals surface area contributed by atoms with E-state index < -0.39 is 0 Å². The molecule has 0 atom stereocenters. The molecule has 3 rings (SSSR count). The summed E-state index contributed by atoms with van der Waals surface area (Å²) >= 11 is 5.88. The number of hydrogen-bond acceptors (Lipinski definition) is 5. The Balaban J connectivity index is 1.72. The van der Waals surface area contributed by atoms with Crippen molar-refractivity contribution in [1.29, 1.82) is 0 Å². The molecule has 1 fully saturated rings. The molecule has 1 aliphatic heterocycles. The minimum atomic E-state index is 0.508. The molecule has 0 aliphatic carbocycles. The van der Waals surface area contributed by atoms with Crippen LogP contribution in [0.3, 0.4) is 0 Å². The Morgan fingerprint density at radius 1 is 1.19 bits per heavy atom. The van der Waals surface area contributed by atoms with E-state index >= 15 is 0 Å². The summed E-state index contributed by atoms with van der Waals surface area (Å²) < 4.78 is 0. The Kier molecular flexibility index (Phi) is 4.20. The molecule has 0 saturated carbocycles. The van der Waals surface area contributed by atoms with E-state index in [1.807, 2.05) is 24.3 Å². The maximum atomic E-state index is 5.88. The van der Waals surface area contributed by atoms with Crippen molar-refractivity contribution in [3.8, 4) is 0 Å². The second-order valence-corrected chi connectivity index (χ2v) is 5.88. The van der Waals surface area contributed by atoms with Crippen LogP contribution in [-0.4, -0.2) is 28.3 Å². The highest BCUT2D eigenvalue weighted by atomic mass is 35.5. The van der Waals surface area contributed by atoms with Gasteiger partial charge in [0.25, 0.3) is 0 Å². The third kappa shape index (κ3) is 3.61. The second-order valence-electron chi connectivity index (χ2n) is 5.44. The molecule has 2 aromatic rings. The highest BCUT2D eigenvalue weighted by Gasteiger charge is 2.17. The van der Waals surface area contributed by atoms with E-state index in [1.165, 1.54) is 12.8 Å². The van der Waals surface area contributed by atoms with Crippen LogP contribution in [0, 0.1) is 5.92 Å². The first-order valence-corrected chi connectivity index (χ1v) is 7.56. The number of halogens is 1. The van der Waals surface area contributed by atoms with Crippen LogP contribution in [0.4, 0.5) is 17.5 Å². The summed E-state index contributed by atoms with van der Waals surface area (Å²) in [4.78, 5) is 6.81. The van der Waals surface area contributed by atoms with Crippen LogP contribution in [0.2, 0.25) is 5.02 Å². The maximum Gasteiger partial charge on any atom is 0.249 e. The molecule has 1 aliphatic rings. The van der Waals surface area contributed by atoms with Crippen molar-refractivity contribution in [1.82, 2.24) is 15.2 Å². The summed E-state index contributed by atoms with van der Waals surface area (Å²) in [6.45, 7) is 4.35. The molecule has 0 radical (unpaired) electrons. The van der Waals surface area contributed by atoms with E-state index in [0.717, 1.165) is 30.5 Å². The number of rotatable bonds is 3. The second kappa shape index (κ2) is 6.26. The van der Waals surface area contributed by atoms with Crippen molar-refractivity contribution < 1.29 is 0 Å². The molecule has 110 valence electrons. The predicted molar refractivity (Wildman–Crippen MR) is 85.2 cm³/mol. The minimum absolute atomic E-state index is 0.508. The topological polar surface area (TPSA) is 53.9 Å². The van der Waals surface area contributed by atoms with Crippen molar-refractivity contribution in [3.63, 3.8) is 0 Å². The van der Waals surface area contributed by atoms with E-state index in [1.54, 1.807) is 6.20 Å². The summed E-state index contributed by atoms with van der Waals surface area (Å²) in [5.41, 5.74) is 0.894. The van der Waals surface area contributed by atoms with Crippen molar-refractivity contribution in [2.75, 3.05) is 23.3 Å². The molecular weight excluding hydrogens is 286 g/mol. The number of benzene rings is 1. The third-order valence-electron chi connectivity index (χ3n) is 3.75. The first-order chi connectivity index (χ1) is 10.2. The Morgan fingerprint density at radius 2 is 1.90 bits per heavy atom. The monoisotopic (exact) mass is 303 g/mol. The largest absolute Gasteiger partial charge is 0.355 e. The molecule has 0 amide bonds. The molecule has 0 unspecified atom stereocenters. The standard InChI is InChI=1S/C15H18ClN5/c1-11-6-8-21(9-7-11)14-10-17-20-15(19-14)18-13-4-2-12(16)3-5-13/h2-5,10-11H,6-9H2,1H3,(H,18,19,20). The zero-order valence-corrected chi connectivity index (χ0v) is 12.7. The summed E-state index contributed by atoms with van der Waals surface area (Å²) in [5, 5.41) is 11.9. The van der Waals surface area contributed by atoms with Gasteiger partial charge in [-0.3, -0.25) is 0 Å². The van der Waals surface area contributed by atoms with Gasteiger partial charge in [-0.25, -0.2) is 0 Å². The summed E-state index contributed by atoms with van der Waals surface area (Å²) in [6, 6.07) is 7.43. The minimum Gasteiger partial charge on any atom is -0.355 e. The molecule has 1 saturated heterocycles. The third-order valence-corrected chi connectivity index (χ3v) is 4.01. The molecule has 6 heteroatoms. The number of hydrogen-bond donors (Lipinski definition) is 1. The molecule has 0 spiro atoms. The van der Waals surface area contributed by atoms with Gasteiger partial charge in [-0.05, 0) is 43.0 Å². The van der Waals surface area contributed by atoms with Crippen LogP contribution in [0.25, 0.3) is 0 Å². The van der Waals surface area contributed by atoms with Gasteiger partial charge in [0.2, 0.25) is 5.95 Å². The highest BCUT2D eigenvalue weighted by molar-refractivity contribution is 6.30. The van der Waals surface area contributed by atoms with Gasteiger partial charge in [0, 0.05) is 23.8 Å². The highest BCUT2D eigenvalue weighted by Crippen LogP contribution is 2.22. The number of piperidine rings is 1. The zero-order chi connectivity index (χ0) is 14.7. The fourth-order valence-corrected chi connectivity index (χ4v) is 2.53. The van der Waals surface area contributed by atoms with Crippen LogP contribution < -0.4 is 10.2 Å². The lowest BCUT2D eigenvalue weighted by atomic mass is 9.99. The van der Waals surface area contributed by atoms with E-state index in [2.05, 4.69) is 32.3 Å². The Hall–Kier alpha value is -1.88. The summed E-state index contributed by atoms with van der Waals surface area (Å²) in [5.74, 6) is 2.18.